The van der Waals surface area contributed by atoms with Gasteiger partial charge in [0.2, 0.25) is 0 Å². The number of alkyl halides is 3. The summed E-state index contributed by atoms with van der Waals surface area (Å²) in [5.41, 5.74) is 0. The van der Waals surface area contributed by atoms with E-state index >= 15 is 0 Å². The van der Waals surface area contributed by atoms with E-state index in [1.807, 2.05) is 0 Å². The van der Waals surface area contributed by atoms with E-state index in [1.54, 1.807) is 44.6 Å². The van der Waals surface area contributed by atoms with E-state index < -0.39 is 17.8 Å². The minimum atomic E-state index is -3.53. The van der Waals surface area contributed by atoms with Crippen molar-refractivity contribution in [3.8, 4) is 0 Å². The molecule has 15 heavy (non-hydrogen) atoms. The standard InChI is InChI=1S/C7H18Cl3FN3P/c1-12(2)15(10,6-11,13(3)4)14(5)7(8)9/h7H,6H2,1-5H3. The van der Waals surface area contributed by atoms with Crippen molar-refractivity contribution in [3.63, 3.8) is 0 Å². The van der Waals surface area contributed by atoms with Crippen molar-refractivity contribution in [2.45, 2.75) is 4.96 Å². The Bertz CT molecular complexity index is 220. The molecular formula is C7H18Cl3FN3P. The quantitative estimate of drug-likeness (QED) is 0.439. The minimum absolute atomic E-state index is 0.723. The summed E-state index contributed by atoms with van der Waals surface area (Å²) in [6.45, 7) is 0. The van der Waals surface area contributed by atoms with E-state index in [4.69, 9.17) is 34.4 Å². The molecule has 0 atom stereocenters. The van der Waals surface area contributed by atoms with Crippen LogP contribution in [0.2, 0.25) is 0 Å². The summed E-state index contributed by atoms with van der Waals surface area (Å²) in [6, 6.07) is 0. The van der Waals surface area contributed by atoms with Gasteiger partial charge in [0.25, 0.3) is 0 Å². The van der Waals surface area contributed by atoms with Crippen molar-refractivity contribution >= 4 is 40.9 Å². The molecule has 0 rings (SSSR count). The third kappa shape index (κ3) is 2.37. The summed E-state index contributed by atoms with van der Waals surface area (Å²) < 4.78 is 18.3. The molecule has 0 fully saturated rings. The summed E-state index contributed by atoms with van der Waals surface area (Å²) in [4.78, 5) is -0.860. The number of hydrogen-bond acceptors (Lipinski definition) is 3. The zero-order chi connectivity index (χ0) is 12.5. The molecule has 0 amide bonds. The number of halogens is 4. The van der Waals surface area contributed by atoms with Crippen LogP contribution in [0.5, 0.6) is 0 Å². The molecule has 3 nitrogen and oxygen atoms in total. The monoisotopic (exact) mass is 299 g/mol. The maximum atomic E-state index is 13.5. The van der Waals surface area contributed by atoms with Crippen LogP contribution in [0.1, 0.15) is 0 Å². The van der Waals surface area contributed by atoms with E-state index in [0.717, 1.165) is 0 Å². The molecule has 0 N–H and O–H groups in total. The number of nitrogens with zero attached hydrogens (tertiary/aromatic N) is 3. The predicted molar refractivity (Wildman–Crippen MR) is 69.4 cm³/mol. The first-order valence-electron chi connectivity index (χ1n) is 4.28. The SMILES string of the molecule is CN(C)P(Cl)(CF)(N(C)C)N(C)C(Cl)Cl. The molecule has 8 heteroatoms. The van der Waals surface area contributed by atoms with Crippen molar-refractivity contribution in [1.82, 2.24) is 14.0 Å². The van der Waals surface area contributed by atoms with Gasteiger partial charge >= 0.3 is 106 Å². The molecule has 0 aliphatic heterocycles. The first kappa shape index (κ1) is 16.1. The van der Waals surface area contributed by atoms with E-state index in [-0.39, 0.29) is 0 Å². The Balaban J connectivity index is 5.55. The van der Waals surface area contributed by atoms with Gasteiger partial charge in [0.1, 0.15) is 0 Å². The van der Waals surface area contributed by atoms with Crippen molar-refractivity contribution < 1.29 is 4.39 Å². The number of rotatable bonds is 5. The van der Waals surface area contributed by atoms with E-state index in [2.05, 4.69) is 0 Å². The summed E-state index contributed by atoms with van der Waals surface area (Å²) >= 11 is 18.1. The zero-order valence-corrected chi connectivity index (χ0v) is 12.7. The van der Waals surface area contributed by atoms with Gasteiger partial charge < -0.3 is 0 Å². The Labute approximate surface area is 106 Å². The molecule has 0 aliphatic carbocycles. The first-order chi connectivity index (χ1) is 6.62. The molecule has 0 spiro atoms. The second kappa shape index (κ2) is 5.18. The average Bonchev–Trinajstić information content (AvgIpc) is 2.14. The van der Waals surface area contributed by atoms with Crippen molar-refractivity contribution in [1.29, 1.82) is 0 Å². The van der Waals surface area contributed by atoms with Crippen LogP contribution < -0.4 is 0 Å². The normalized spacial score (nSPS) is 16.5. The predicted octanol–water partition coefficient (Wildman–Crippen LogP) is 3.18. The van der Waals surface area contributed by atoms with Crippen LogP contribution in [0.25, 0.3) is 0 Å². The van der Waals surface area contributed by atoms with Crippen molar-refractivity contribution in [2.75, 3.05) is 41.7 Å². The van der Waals surface area contributed by atoms with Gasteiger partial charge in [-0.25, -0.2) is 0 Å². The fraction of sp³-hybridized carbons (Fsp3) is 1.00. The molecule has 0 radical (unpaired) electrons. The van der Waals surface area contributed by atoms with Gasteiger partial charge in [0.05, 0.1) is 0 Å². The molecule has 94 valence electrons. The summed E-state index contributed by atoms with van der Waals surface area (Å²) in [7, 11) is 8.50. The van der Waals surface area contributed by atoms with Crippen LogP contribution in [0.4, 0.5) is 4.39 Å². The molecule has 0 saturated carbocycles. The molecule has 0 heterocycles. The molecule has 0 saturated heterocycles. The van der Waals surface area contributed by atoms with Gasteiger partial charge in [-0.15, -0.1) is 0 Å². The zero-order valence-electron chi connectivity index (χ0n) is 9.59. The molecule has 0 bridgehead atoms. The molecule has 0 aromatic carbocycles. The van der Waals surface area contributed by atoms with Gasteiger partial charge in [-0.3, -0.25) is 0 Å². The third-order valence-corrected chi connectivity index (χ3v) is 11.4. The van der Waals surface area contributed by atoms with Gasteiger partial charge in [0, 0.05) is 0 Å². The van der Waals surface area contributed by atoms with E-state index in [9.17, 15) is 4.39 Å². The molecule has 0 unspecified atom stereocenters. The summed E-state index contributed by atoms with van der Waals surface area (Å²) in [6.07, 6.45) is -4.26. The fourth-order valence-electron chi connectivity index (χ4n) is 1.39. The number of hydrogen-bond donors (Lipinski definition) is 0. The Morgan fingerprint density at radius 2 is 1.40 bits per heavy atom. The van der Waals surface area contributed by atoms with Crippen LogP contribution >= 0.6 is 40.9 Å². The Morgan fingerprint density at radius 3 is 1.47 bits per heavy atom. The second-order valence-electron chi connectivity index (χ2n) is 3.70. The second-order valence-corrected chi connectivity index (χ2v) is 11.4. The Hall–Kier alpha value is 1.11. The van der Waals surface area contributed by atoms with Gasteiger partial charge in [-0.05, 0) is 0 Å². The third-order valence-electron chi connectivity index (χ3n) is 2.70. The van der Waals surface area contributed by atoms with Crippen molar-refractivity contribution in [3.05, 3.63) is 0 Å². The van der Waals surface area contributed by atoms with Crippen LogP contribution in [-0.2, 0) is 0 Å². The fourth-order valence-corrected chi connectivity index (χ4v) is 5.81. The van der Waals surface area contributed by atoms with Gasteiger partial charge in [-0.2, -0.15) is 0 Å². The average molecular weight is 301 g/mol. The Kier molecular flexibility index (Phi) is 5.56. The molecular weight excluding hydrogens is 282 g/mol. The van der Waals surface area contributed by atoms with E-state index in [0.29, 0.717) is 0 Å². The topological polar surface area (TPSA) is 9.72 Å². The van der Waals surface area contributed by atoms with Crippen molar-refractivity contribution in [2.24, 2.45) is 0 Å². The molecule has 0 aromatic heterocycles. The summed E-state index contributed by atoms with van der Waals surface area (Å²) in [5, 5.41) is 0. The van der Waals surface area contributed by atoms with Crippen LogP contribution in [0, 0.1) is 0 Å². The summed E-state index contributed by atoms with van der Waals surface area (Å²) in [5.74, 6) is 0. The molecule has 0 aromatic rings. The van der Waals surface area contributed by atoms with Crippen LogP contribution in [-0.4, -0.2) is 60.6 Å². The first-order valence-corrected chi connectivity index (χ1v) is 8.34. The Morgan fingerprint density at radius 1 is 1.07 bits per heavy atom. The van der Waals surface area contributed by atoms with Gasteiger partial charge in [0.15, 0.2) is 0 Å². The van der Waals surface area contributed by atoms with Crippen LogP contribution in [0.15, 0.2) is 0 Å². The molecule has 0 aliphatic rings. The van der Waals surface area contributed by atoms with Crippen LogP contribution in [0.3, 0.4) is 0 Å². The van der Waals surface area contributed by atoms with E-state index in [1.165, 1.54) is 4.67 Å². The maximum absolute atomic E-state index is 13.5. The van der Waals surface area contributed by atoms with Gasteiger partial charge in [-0.1, -0.05) is 0 Å².